The highest BCUT2D eigenvalue weighted by Gasteiger charge is 2.21. The second kappa shape index (κ2) is 10.3. The van der Waals surface area contributed by atoms with Gasteiger partial charge in [0.05, 0.1) is 22.7 Å². The highest BCUT2D eigenvalue weighted by molar-refractivity contribution is 6.15. The molecule has 36 heavy (non-hydrogen) atoms. The molecule has 0 atom stereocenters. The first-order valence-corrected chi connectivity index (χ1v) is 11.1. The predicted octanol–water partition coefficient (Wildman–Crippen LogP) is 4.68. The summed E-state index contributed by atoms with van der Waals surface area (Å²) in [4.78, 5) is 37.9. The van der Waals surface area contributed by atoms with Crippen molar-refractivity contribution in [2.24, 2.45) is 0 Å². The molecule has 0 aliphatic rings. The van der Waals surface area contributed by atoms with Gasteiger partial charge in [-0.05, 0) is 76.9 Å². The van der Waals surface area contributed by atoms with Crippen molar-refractivity contribution in [1.82, 2.24) is 15.0 Å². The van der Waals surface area contributed by atoms with E-state index >= 15 is 0 Å². The number of carbonyl (C=O) groups excluding carboxylic acids is 2. The van der Waals surface area contributed by atoms with Gasteiger partial charge in [0, 0.05) is 23.6 Å². The number of pyridine rings is 1. The highest BCUT2D eigenvalue weighted by atomic mass is 16.6. The second-order valence-electron chi connectivity index (χ2n) is 9.09. The lowest BCUT2D eigenvalue weighted by Crippen LogP contribution is -2.28. The summed E-state index contributed by atoms with van der Waals surface area (Å²) in [6.45, 7) is 10.4. The number of nitrogens with zero attached hydrogens (tertiary/aromatic N) is 4. The van der Waals surface area contributed by atoms with Crippen LogP contribution in [-0.4, -0.2) is 38.3 Å². The quantitative estimate of drug-likeness (QED) is 0.443. The van der Waals surface area contributed by atoms with Gasteiger partial charge in [-0.3, -0.25) is 15.5 Å². The minimum Gasteiger partial charge on any atom is -0.444 e. The molecule has 0 unspecified atom stereocenters. The van der Waals surface area contributed by atoms with Gasteiger partial charge in [-0.15, -0.1) is 0 Å². The number of aryl methyl sites for hydroxylation is 1. The van der Waals surface area contributed by atoms with Crippen molar-refractivity contribution in [3.05, 3.63) is 76.1 Å². The van der Waals surface area contributed by atoms with Gasteiger partial charge < -0.3 is 10.1 Å². The maximum atomic E-state index is 13.0. The van der Waals surface area contributed by atoms with Crippen LogP contribution in [-0.2, 0) is 4.74 Å². The zero-order chi connectivity index (χ0) is 26.6. The van der Waals surface area contributed by atoms with E-state index in [1.54, 1.807) is 72.0 Å². The Morgan fingerprint density at radius 1 is 1.06 bits per heavy atom. The van der Waals surface area contributed by atoms with Gasteiger partial charge >= 0.3 is 6.09 Å². The third-order valence-electron chi connectivity index (χ3n) is 5.19. The molecule has 10 heteroatoms. The Kier molecular flexibility index (Phi) is 7.44. The Bertz CT molecular complexity index is 1400. The van der Waals surface area contributed by atoms with Gasteiger partial charge in [-0.2, -0.15) is 5.26 Å². The molecule has 2 heterocycles. The molecule has 0 bridgehead atoms. The number of hydrogen-bond donors (Lipinski definition) is 3. The molecule has 3 N–H and O–H groups in total. The molecule has 0 saturated heterocycles. The normalized spacial score (nSPS) is 10.8. The van der Waals surface area contributed by atoms with E-state index in [1.807, 2.05) is 0 Å². The number of rotatable bonds is 5. The minimum absolute atomic E-state index is 0.0196. The van der Waals surface area contributed by atoms with Crippen LogP contribution < -0.4 is 10.6 Å². The molecule has 3 rings (SSSR count). The van der Waals surface area contributed by atoms with Crippen LogP contribution in [0.15, 0.2) is 36.7 Å². The van der Waals surface area contributed by atoms with Crippen LogP contribution >= 0.6 is 0 Å². The van der Waals surface area contributed by atoms with E-state index in [9.17, 15) is 14.9 Å². The molecule has 2 aromatic heterocycles. The maximum Gasteiger partial charge on any atom is 0.412 e. The number of ether oxygens (including phenoxy) is 1. The first kappa shape index (κ1) is 26.0. The van der Waals surface area contributed by atoms with Gasteiger partial charge in [0.2, 0.25) is 0 Å². The van der Waals surface area contributed by atoms with Crippen molar-refractivity contribution in [1.29, 1.82) is 10.7 Å². The van der Waals surface area contributed by atoms with Crippen molar-refractivity contribution in [3.63, 3.8) is 0 Å². The number of carbonyl (C=O) groups is 2. The average molecular weight is 486 g/mol. The molecule has 1 aromatic carbocycles. The Morgan fingerprint density at radius 2 is 1.78 bits per heavy atom. The molecule has 0 aliphatic heterocycles. The van der Waals surface area contributed by atoms with Crippen molar-refractivity contribution in [3.8, 4) is 6.07 Å². The molecule has 0 aliphatic carbocycles. The minimum atomic E-state index is -0.709. The Balaban J connectivity index is 1.98. The fraction of sp³-hybridized carbons (Fsp3) is 0.269. The summed E-state index contributed by atoms with van der Waals surface area (Å²) >= 11 is 0. The van der Waals surface area contributed by atoms with Gasteiger partial charge in [0.25, 0.3) is 5.91 Å². The number of nitrogens with one attached hydrogen (secondary N) is 3. The van der Waals surface area contributed by atoms with Crippen molar-refractivity contribution >= 4 is 29.1 Å². The number of benzene rings is 1. The lowest BCUT2D eigenvalue weighted by atomic mass is 10.0. The monoisotopic (exact) mass is 485 g/mol. The summed E-state index contributed by atoms with van der Waals surface area (Å²) in [5.41, 5.74) is 2.52. The van der Waals surface area contributed by atoms with Crippen LogP contribution in [0.2, 0.25) is 0 Å². The average Bonchev–Trinajstić information content (AvgIpc) is 2.80. The van der Waals surface area contributed by atoms with E-state index in [4.69, 9.17) is 10.1 Å². The molecule has 0 fully saturated rings. The summed E-state index contributed by atoms with van der Waals surface area (Å²) < 4.78 is 5.35. The second-order valence-corrected chi connectivity index (χ2v) is 9.09. The number of aromatic nitrogens is 3. The van der Waals surface area contributed by atoms with Crippen LogP contribution in [0, 0.1) is 37.5 Å². The van der Waals surface area contributed by atoms with E-state index in [-0.39, 0.29) is 11.4 Å². The first-order chi connectivity index (χ1) is 16.9. The molecule has 0 saturated carbocycles. The third kappa shape index (κ3) is 6.07. The molecule has 184 valence electrons. The van der Waals surface area contributed by atoms with Crippen LogP contribution in [0.4, 0.5) is 16.2 Å². The van der Waals surface area contributed by atoms with Gasteiger partial charge in [-0.1, -0.05) is 0 Å². The smallest absolute Gasteiger partial charge is 0.412 e. The molecule has 0 spiro atoms. The summed E-state index contributed by atoms with van der Waals surface area (Å²) in [5.74, 6) is 0.0180. The lowest BCUT2D eigenvalue weighted by molar-refractivity contribution is 0.0635. The van der Waals surface area contributed by atoms with E-state index < -0.39 is 17.6 Å². The van der Waals surface area contributed by atoms with E-state index in [0.717, 1.165) is 0 Å². The van der Waals surface area contributed by atoms with Crippen molar-refractivity contribution in [2.45, 2.75) is 47.1 Å². The zero-order valence-corrected chi connectivity index (χ0v) is 21.0. The molecule has 0 radical (unpaired) electrons. The molecule has 3 aromatic rings. The van der Waals surface area contributed by atoms with Gasteiger partial charge in [-0.25, -0.2) is 19.7 Å². The standard InChI is InChI=1S/C26H27N7O3/c1-14-15(2)23(30-13-17(14)12-27)24(34)32-18-7-8-20(33-25(35)36-26(4,5)6)19(11-18)22(28)21-9-10-29-16(3)31-21/h7-11,13,28H,1-6H3,(H,32,34)(H,33,35). The molecular weight excluding hydrogens is 458 g/mol. The Hall–Kier alpha value is -4.65. The van der Waals surface area contributed by atoms with E-state index in [0.29, 0.717) is 45.1 Å². The lowest BCUT2D eigenvalue weighted by Gasteiger charge is -2.21. The third-order valence-corrected chi connectivity index (χ3v) is 5.19. The Labute approximate surface area is 209 Å². The molecular formula is C26H27N7O3. The van der Waals surface area contributed by atoms with Crippen molar-refractivity contribution < 1.29 is 14.3 Å². The summed E-state index contributed by atoms with van der Waals surface area (Å²) in [6, 6.07) is 8.37. The molecule has 2 amide bonds. The summed E-state index contributed by atoms with van der Waals surface area (Å²) in [5, 5.41) is 23.4. The van der Waals surface area contributed by atoms with Crippen LogP contribution in [0.5, 0.6) is 0 Å². The van der Waals surface area contributed by atoms with Crippen LogP contribution in [0.1, 0.15) is 65.0 Å². The first-order valence-electron chi connectivity index (χ1n) is 11.1. The zero-order valence-electron chi connectivity index (χ0n) is 21.0. The van der Waals surface area contributed by atoms with Gasteiger partial charge in [0.1, 0.15) is 23.2 Å². The Morgan fingerprint density at radius 3 is 2.42 bits per heavy atom. The number of amides is 2. The molecule has 10 nitrogen and oxygen atoms in total. The largest absolute Gasteiger partial charge is 0.444 e. The number of anilines is 2. The summed E-state index contributed by atoms with van der Waals surface area (Å²) in [7, 11) is 0. The SMILES string of the molecule is Cc1nccc(C(=N)c2cc(NC(=O)c3ncc(C#N)c(C)c3C)ccc2NC(=O)OC(C)(C)C)n1. The van der Waals surface area contributed by atoms with Crippen LogP contribution in [0.3, 0.4) is 0 Å². The maximum absolute atomic E-state index is 13.0. The highest BCUT2D eigenvalue weighted by Crippen LogP contribution is 2.25. The fourth-order valence-electron chi connectivity index (χ4n) is 3.32. The number of hydrogen-bond acceptors (Lipinski definition) is 8. The van der Waals surface area contributed by atoms with E-state index in [1.165, 1.54) is 6.20 Å². The van der Waals surface area contributed by atoms with Crippen LogP contribution in [0.25, 0.3) is 0 Å². The van der Waals surface area contributed by atoms with Gasteiger partial charge in [0.15, 0.2) is 0 Å². The summed E-state index contributed by atoms with van der Waals surface area (Å²) in [6.07, 6.45) is 2.23. The fourth-order valence-corrected chi connectivity index (χ4v) is 3.32. The van der Waals surface area contributed by atoms with E-state index in [2.05, 4.69) is 31.7 Å². The number of nitriles is 1. The topological polar surface area (TPSA) is 154 Å². The predicted molar refractivity (Wildman–Crippen MR) is 135 cm³/mol. The van der Waals surface area contributed by atoms with Crippen molar-refractivity contribution in [2.75, 3.05) is 10.6 Å².